The summed E-state index contributed by atoms with van der Waals surface area (Å²) in [6, 6.07) is 12.9. The van der Waals surface area contributed by atoms with Gasteiger partial charge in [0.15, 0.2) is 0 Å². The van der Waals surface area contributed by atoms with E-state index in [0.29, 0.717) is 22.2 Å². The number of hydrogen-bond acceptors (Lipinski definition) is 3. The monoisotopic (exact) mass is 466 g/mol. The molecule has 0 radical (unpaired) electrons. The van der Waals surface area contributed by atoms with Gasteiger partial charge in [-0.2, -0.15) is 0 Å². The Hall–Kier alpha value is -1.69. The van der Waals surface area contributed by atoms with E-state index in [1.807, 2.05) is 26.8 Å². The summed E-state index contributed by atoms with van der Waals surface area (Å²) in [5.74, 6) is 0.384. The number of amides is 2. The molecule has 0 fully saturated rings. The molecule has 7 heteroatoms. The molecule has 0 heterocycles. The smallest absolute Gasteiger partial charge is 0.242 e. The molecule has 0 aliphatic rings. The van der Waals surface area contributed by atoms with E-state index in [1.54, 1.807) is 35.7 Å². The van der Waals surface area contributed by atoms with Crippen molar-refractivity contribution in [3.8, 4) is 0 Å². The first-order valence-corrected chi connectivity index (χ1v) is 11.6. The van der Waals surface area contributed by atoms with Gasteiger partial charge in [-0.25, -0.2) is 0 Å². The molecular formula is C23H28Cl2N2O2S. The summed E-state index contributed by atoms with van der Waals surface area (Å²) in [7, 11) is 0. The number of aryl methyl sites for hydroxylation is 1. The van der Waals surface area contributed by atoms with Gasteiger partial charge in [-0.05, 0) is 57.5 Å². The van der Waals surface area contributed by atoms with Crippen molar-refractivity contribution >= 4 is 46.8 Å². The molecule has 30 heavy (non-hydrogen) atoms. The molecule has 1 atom stereocenters. The molecule has 0 aliphatic heterocycles. The topological polar surface area (TPSA) is 49.4 Å². The maximum absolute atomic E-state index is 13.0. The second-order valence-corrected chi connectivity index (χ2v) is 9.50. The van der Waals surface area contributed by atoms with E-state index in [4.69, 9.17) is 23.2 Å². The molecule has 0 saturated carbocycles. The van der Waals surface area contributed by atoms with E-state index in [9.17, 15) is 9.59 Å². The fourth-order valence-electron chi connectivity index (χ4n) is 2.86. The van der Waals surface area contributed by atoms with Crippen LogP contribution in [0.15, 0.2) is 47.4 Å². The number of carbonyl (C=O) groups is 2. The van der Waals surface area contributed by atoms with E-state index in [1.165, 1.54) is 5.56 Å². The average Bonchev–Trinajstić information content (AvgIpc) is 2.69. The summed E-state index contributed by atoms with van der Waals surface area (Å²) >= 11 is 13.8. The highest BCUT2D eigenvalue weighted by Gasteiger charge is 2.26. The second-order valence-electron chi connectivity index (χ2n) is 7.52. The van der Waals surface area contributed by atoms with Crippen LogP contribution in [0.3, 0.4) is 0 Å². The Morgan fingerprint density at radius 3 is 2.30 bits per heavy atom. The molecule has 0 aromatic heterocycles. The van der Waals surface area contributed by atoms with E-state index < -0.39 is 6.04 Å². The Morgan fingerprint density at radius 2 is 1.70 bits per heavy atom. The quantitative estimate of drug-likeness (QED) is 0.480. The van der Waals surface area contributed by atoms with Crippen LogP contribution in [-0.2, 0) is 16.1 Å². The zero-order valence-corrected chi connectivity index (χ0v) is 20.1. The largest absolute Gasteiger partial charge is 0.352 e. The van der Waals surface area contributed by atoms with Crippen molar-refractivity contribution in [3.05, 3.63) is 63.6 Å². The highest BCUT2D eigenvalue weighted by Crippen LogP contribution is 2.24. The maximum Gasteiger partial charge on any atom is 0.242 e. The molecule has 2 aromatic rings. The van der Waals surface area contributed by atoms with Crippen LogP contribution in [0.25, 0.3) is 0 Å². The van der Waals surface area contributed by atoms with E-state index in [2.05, 4.69) is 29.6 Å². The fraction of sp³-hybridized carbons (Fsp3) is 0.391. The number of thioether (sulfide) groups is 1. The van der Waals surface area contributed by atoms with Gasteiger partial charge < -0.3 is 10.2 Å². The summed E-state index contributed by atoms with van der Waals surface area (Å²) in [6.45, 7) is 7.88. The van der Waals surface area contributed by atoms with Gasteiger partial charge in [0.1, 0.15) is 6.04 Å². The van der Waals surface area contributed by atoms with Crippen molar-refractivity contribution in [3.63, 3.8) is 0 Å². The van der Waals surface area contributed by atoms with Crippen molar-refractivity contribution in [2.75, 3.05) is 5.75 Å². The normalized spacial score (nSPS) is 12.0. The van der Waals surface area contributed by atoms with Crippen LogP contribution in [0.4, 0.5) is 0 Å². The lowest BCUT2D eigenvalue weighted by atomic mass is 10.1. The lowest BCUT2D eigenvalue weighted by Crippen LogP contribution is -2.49. The number of carbonyl (C=O) groups excluding carboxylic acids is 2. The third-order valence-electron chi connectivity index (χ3n) is 4.54. The number of nitrogens with one attached hydrogen (secondary N) is 1. The first kappa shape index (κ1) is 24.6. The molecular weight excluding hydrogens is 439 g/mol. The molecule has 2 amide bonds. The van der Waals surface area contributed by atoms with E-state index in [0.717, 1.165) is 10.5 Å². The molecule has 162 valence electrons. The van der Waals surface area contributed by atoms with Crippen LogP contribution in [0.1, 0.15) is 38.3 Å². The molecule has 0 spiro atoms. The number of rotatable bonds is 9. The highest BCUT2D eigenvalue weighted by molar-refractivity contribution is 7.99. The third-order valence-corrected chi connectivity index (χ3v) is 6.29. The van der Waals surface area contributed by atoms with Gasteiger partial charge in [0.25, 0.3) is 0 Å². The van der Waals surface area contributed by atoms with Crippen molar-refractivity contribution in [1.29, 1.82) is 0 Å². The van der Waals surface area contributed by atoms with Crippen molar-refractivity contribution < 1.29 is 9.59 Å². The standard InChI is InChI=1S/C23H28Cl2N2O2S/c1-15(2)26-23(29)17(4)27(14-18-7-10-20(24)21(25)13-18)22(28)11-12-30-19-8-5-16(3)6-9-19/h5-10,13,15,17H,11-12,14H2,1-4H3,(H,26,29)/t17-/m1/s1. The predicted molar refractivity (Wildman–Crippen MR) is 126 cm³/mol. The van der Waals surface area contributed by atoms with Gasteiger partial charge in [-0.15, -0.1) is 11.8 Å². The van der Waals surface area contributed by atoms with Crippen LogP contribution in [0.2, 0.25) is 10.0 Å². The number of halogens is 2. The maximum atomic E-state index is 13.0. The Balaban J connectivity index is 2.09. The molecule has 0 unspecified atom stereocenters. The average molecular weight is 467 g/mol. The Bertz CT molecular complexity index is 872. The highest BCUT2D eigenvalue weighted by atomic mass is 35.5. The second kappa shape index (κ2) is 11.6. The summed E-state index contributed by atoms with van der Waals surface area (Å²) < 4.78 is 0. The van der Waals surface area contributed by atoms with Crippen LogP contribution in [0.5, 0.6) is 0 Å². The van der Waals surface area contributed by atoms with Gasteiger partial charge in [-0.3, -0.25) is 9.59 Å². The summed E-state index contributed by atoms with van der Waals surface area (Å²) in [5.41, 5.74) is 2.03. The van der Waals surface area contributed by atoms with Crippen LogP contribution >= 0.6 is 35.0 Å². The Kier molecular flexibility index (Phi) is 9.53. The van der Waals surface area contributed by atoms with Gasteiger partial charge in [0, 0.05) is 29.7 Å². The lowest BCUT2D eigenvalue weighted by molar-refractivity contribution is -0.140. The molecule has 1 N–H and O–H groups in total. The predicted octanol–water partition coefficient (Wildman–Crippen LogP) is 5.73. The van der Waals surface area contributed by atoms with Crippen LogP contribution in [-0.4, -0.2) is 34.6 Å². The van der Waals surface area contributed by atoms with Crippen molar-refractivity contribution in [2.45, 2.75) is 57.6 Å². The first-order chi connectivity index (χ1) is 14.2. The van der Waals surface area contributed by atoms with Gasteiger partial charge >= 0.3 is 0 Å². The third kappa shape index (κ3) is 7.53. The minimum Gasteiger partial charge on any atom is -0.352 e. The van der Waals surface area contributed by atoms with Crippen molar-refractivity contribution in [2.24, 2.45) is 0 Å². The zero-order chi connectivity index (χ0) is 22.3. The number of nitrogens with zero attached hydrogens (tertiary/aromatic N) is 1. The van der Waals surface area contributed by atoms with Gasteiger partial charge in [-0.1, -0.05) is 47.0 Å². The summed E-state index contributed by atoms with van der Waals surface area (Å²) in [4.78, 5) is 28.4. The molecule has 2 aromatic carbocycles. The minimum atomic E-state index is -0.598. The molecule has 0 aliphatic carbocycles. The van der Waals surface area contributed by atoms with Gasteiger partial charge in [0.05, 0.1) is 10.0 Å². The minimum absolute atomic E-state index is 0.000953. The fourth-order valence-corrected chi connectivity index (χ4v) is 4.02. The first-order valence-electron chi connectivity index (χ1n) is 9.90. The van der Waals surface area contributed by atoms with E-state index >= 15 is 0 Å². The summed E-state index contributed by atoms with van der Waals surface area (Å²) in [5, 5.41) is 3.77. The van der Waals surface area contributed by atoms with Crippen LogP contribution in [0, 0.1) is 6.92 Å². The number of hydrogen-bond donors (Lipinski definition) is 1. The lowest BCUT2D eigenvalue weighted by Gasteiger charge is -2.29. The molecule has 0 bridgehead atoms. The van der Waals surface area contributed by atoms with E-state index in [-0.39, 0.29) is 24.4 Å². The van der Waals surface area contributed by atoms with Crippen molar-refractivity contribution in [1.82, 2.24) is 10.2 Å². The van der Waals surface area contributed by atoms with Crippen LogP contribution < -0.4 is 5.32 Å². The zero-order valence-electron chi connectivity index (χ0n) is 17.7. The Morgan fingerprint density at radius 1 is 1.03 bits per heavy atom. The molecule has 4 nitrogen and oxygen atoms in total. The molecule has 2 rings (SSSR count). The Labute approximate surface area is 193 Å². The summed E-state index contributed by atoms with van der Waals surface area (Å²) in [6.07, 6.45) is 0.333. The SMILES string of the molecule is Cc1ccc(SCCC(=O)N(Cc2ccc(Cl)c(Cl)c2)[C@H](C)C(=O)NC(C)C)cc1. The number of benzene rings is 2. The van der Waals surface area contributed by atoms with Gasteiger partial charge in [0.2, 0.25) is 11.8 Å². The molecule has 0 saturated heterocycles.